The molecule has 0 spiro atoms. The van der Waals surface area contributed by atoms with Crippen LogP contribution >= 0.6 is 15.9 Å². The molecule has 0 nitrogen and oxygen atoms in total. The molecule has 0 aliphatic heterocycles. The van der Waals surface area contributed by atoms with Gasteiger partial charge in [0.05, 0.1) is 0 Å². The van der Waals surface area contributed by atoms with Gasteiger partial charge in [-0.1, -0.05) is 28.9 Å². The van der Waals surface area contributed by atoms with E-state index in [0.29, 0.717) is 23.1 Å². The van der Waals surface area contributed by atoms with Gasteiger partial charge >= 0.3 is 0 Å². The molecular weight excluding hydrogens is 286 g/mol. The van der Waals surface area contributed by atoms with Crippen molar-refractivity contribution < 1.29 is 8.78 Å². The lowest BCUT2D eigenvalue weighted by Crippen LogP contribution is -2.26. The Bertz CT molecular complexity index is 372. The molecule has 94 valence electrons. The highest BCUT2D eigenvalue weighted by molar-refractivity contribution is 9.09. The van der Waals surface area contributed by atoms with Crippen molar-refractivity contribution in [3.8, 4) is 0 Å². The van der Waals surface area contributed by atoms with E-state index in [1.807, 2.05) is 0 Å². The van der Waals surface area contributed by atoms with Gasteiger partial charge in [0.15, 0.2) is 0 Å². The molecule has 1 aromatic carbocycles. The molecule has 1 fully saturated rings. The molecule has 17 heavy (non-hydrogen) atoms. The van der Waals surface area contributed by atoms with Crippen molar-refractivity contribution in [3.05, 3.63) is 35.4 Å². The van der Waals surface area contributed by atoms with Gasteiger partial charge in [-0.05, 0) is 49.7 Å². The Morgan fingerprint density at radius 1 is 1.24 bits per heavy atom. The van der Waals surface area contributed by atoms with Crippen LogP contribution in [0.2, 0.25) is 0 Å². The monoisotopic (exact) mass is 302 g/mol. The zero-order chi connectivity index (χ0) is 12.4. The molecule has 2 rings (SSSR count). The molecule has 0 bridgehead atoms. The molecule has 0 amide bonds. The van der Waals surface area contributed by atoms with Crippen LogP contribution in [0.3, 0.4) is 0 Å². The lowest BCUT2D eigenvalue weighted by atomic mass is 9.79. The van der Waals surface area contributed by atoms with Crippen molar-refractivity contribution in [1.29, 1.82) is 0 Å². The number of halogens is 3. The van der Waals surface area contributed by atoms with Crippen molar-refractivity contribution in [1.82, 2.24) is 0 Å². The minimum absolute atomic E-state index is 0.246. The summed E-state index contributed by atoms with van der Waals surface area (Å²) < 4.78 is 27.1. The minimum Gasteiger partial charge on any atom is -0.207 e. The van der Waals surface area contributed by atoms with Gasteiger partial charge in [0, 0.05) is 10.4 Å². The standard InChI is InChI=1S/C14H17BrF2/c1-9-5-6-12(15)10(7-9)8-11-13(16)3-2-4-14(11)17/h2-4,9-10,12H,5-8H2,1H3. The van der Waals surface area contributed by atoms with Crippen LogP contribution in [0.25, 0.3) is 0 Å². The predicted molar refractivity (Wildman–Crippen MR) is 69.3 cm³/mol. The van der Waals surface area contributed by atoms with Crippen LogP contribution in [0, 0.1) is 23.5 Å². The van der Waals surface area contributed by atoms with Gasteiger partial charge in [0.25, 0.3) is 0 Å². The lowest BCUT2D eigenvalue weighted by Gasteiger charge is -2.31. The van der Waals surface area contributed by atoms with Crippen LogP contribution in [0.1, 0.15) is 31.7 Å². The second-order valence-corrected chi connectivity index (χ2v) is 6.27. The van der Waals surface area contributed by atoms with Crippen molar-refractivity contribution >= 4 is 15.9 Å². The summed E-state index contributed by atoms with van der Waals surface area (Å²) in [6, 6.07) is 4.10. The number of benzene rings is 1. The van der Waals surface area contributed by atoms with Gasteiger partial charge in [-0.25, -0.2) is 8.78 Å². The first-order valence-electron chi connectivity index (χ1n) is 6.15. The van der Waals surface area contributed by atoms with Gasteiger partial charge in [-0.15, -0.1) is 0 Å². The van der Waals surface area contributed by atoms with Crippen LogP contribution in [0.15, 0.2) is 18.2 Å². The average molecular weight is 303 g/mol. The van der Waals surface area contributed by atoms with E-state index in [4.69, 9.17) is 0 Å². The number of hydrogen-bond donors (Lipinski definition) is 0. The number of rotatable bonds is 2. The molecule has 0 N–H and O–H groups in total. The molecule has 3 unspecified atom stereocenters. The van der Waals surface area contributed by atoms with E-state index in [2.05, 4.69) is 22.9 Å². The average Bonchev–Trinajstić information content (AvgIpc) is 2.28. The lowest BCUT2D eigenvalue weighted by molar-refractivity contribution is 0.290. The minimum atomic E-state index is -0.414. The van der Waals surface area contributed by atoms with Crippen molar-refractivity contribution in [2.75, 3.05) is 0 Å². The molecule has 3 atom stereocenters. The highest BCUT2D eigenvalue weighted by Crippen LogP contribution is 2.36. The summed E-state index contributed by atoms with van der Waals surface area (Å²) in [5, 5.41) is 0. The Morgan fingerprint density at radius 3 is 2.53 bits per heavy atom. The maximum Gasteiger partial charge on any atom is 0.129 e. The number of alkyl halides is 1. The van der Waals surface area contributed by atoms with Gasteiger partial charge in [0.1, 0.15) is 11.6 Å². The van der Waals surface area contributed by atoms with Crippen LogP contribution in [0.4, 0.5) is 8.78 Å². The molecular formula is C14H17BrF2. The molecule has 1 aliphatic rings. The summed E-state index contributed by atoms with van der Waals surface area (Å²) in [7, 11) is 0. The first-order chi connectivity index (χ1) is 8.08. The fourth-order valence-corrected chi connectivity index (χ4v) is 3.33. The fraction of sp³-hybridized carbons (Fsp3) is 0.571. The highest BCUT2D eigenvalue weighted by atomic mass is 79.9. The van der Waals surface area contributed by atoms with Crippen molar-refractivity contribution in [2.24, 2.45) is 11.8 Å². The Morgan fingerprint density at radius 2 is 1.88 bits per heavy atom. The largest absolute Gasteiger partial charge is 0.207 e. The second kappa shape index (κ2) is 5.47. The van der Waals surface area contributed by atoms with E-state index in [-0.39, 0.29) is 5.56 Å². The van der Waals surface area contributed by atoms with E-state index in [0.717, 1.165) is 12.8 Å². The Balaban J connectivity index is 2.14. The third-order valence-corrected chi connectivity index (χ3v) is 4.89. The van der Waals surface area contributed by atoms with Crippen LogP contribution in [-0.4, -0.2) is 4.83 Å². The van der Waals surface area contributed by atoms with Crippen LogP contribution in [0.5, 0.6) is 0 Å². The quantitative estimate of drug-likeness (QED) is 0.694. The summed E-state index contributed by atoms with van der Waals surface area (Å²) in [4.78, 5) is 0.387. The molecule has 0 saturated heterocycles. The normalized spacial score (nSPS) is 29.3. The van der Waals surface area contributed by atoms with Gasteiger partial charge < -0.3 is 0 Å². The summed E-state index contributed by atoms with van der Waals surface area (Å²) in [6.45, 7) is 2.21. The molecule has 0 radical (unpaired) electrons. The Kier molecular flexibility index (Phi) is 4.18. The second-order valence-electron chi connectivity index (χ2n) is 5.10. The smallest absolute Gasteiger partial charge is 0.129 e. The third kappa shape index (κ3) is 3.06. The van der Waals surface area contributed by atoms with E-state index < -0.39 is 11.6 Å². The van der Waals surface area contributed by atoms with Gasteiger partial charge in [-0.3, -0.25) is 0 Å². The topological polar surface area (TPSA) is 0 Å². The highest BCUT2D eigenvalue weighted by Gasteiger charge is 2.28. The summed E-state index contributed by atoms with van der Waals surface area (Å²) in [5.74, 6) is 0.166. The zero-order valence-corrected chi connectivity index (χ0v) is 11.5. The molecule has 1 aromatic rings. The maximum atomic E-state index is 13.6. The molecule has 1 saturated carbocycles. The summed E-state index contributed by atoms with van der Waals surface area (Å²) >= 11 is 3.64. The maximum absolute atomic E-state index is 13.6. The first kappa shape index (κ1) is 13.0. The molecule has 0 aromatic heterocycles. The van der Waals surface area contributed by atoms with Crippen molar-refractivity contribution in [3.63, 3.8) is 0 Å². The summed E-state index contributed by atoms with van der Waals surface area (Å²) in [5.41, 5.74) is 0.246. The third-order valence-electron chi connectivity index (χ3n) is 3.68. The molecule has 3 heteroatoms. The van der Waals surface area contributed by atoms with Crippen molar-refractivity contribution in [2.45, 2.75) is 37.4 Å². The van der Waals surface area contributed by atoms with E-state index in [1.54, 1.807) is 0 Å². The van der Waals surface area contributed by atoms with Gasteiger partial charge in [-0.2, -0.15) is 0 Å². The molecule has 1 aliphatic carbocycles. The fourth-order valence-electron chi connectivity index (χ4n) is 2.66. The Hall–Kier alpha value is -0.440. The molecule has 0 heterocycles. The van der Waals surface area contributed by atoms with Gasteiger partial charge in [0.2, 0.25) is 0 Å². The van der Waals surface area contributed by atoms with E-state index in [1.165, 1.54) is 24.6 Å². The Labute approximate surface area is 110 Å². The van der Waals surface area contributed by atoms with E-state index in [9.17, 15) is 8.78 Å². The first-order valence-corrected chi connectivity index (χ1v) is 7.06. The zero-order valence-electron chi connectivity index (χ0n) is 9.93. The number of hydrogen-bond acceptors (Lipinski definition) is 0. The van der Waals surface area contributed by atoms with Crippen LogP contribution < -0.4 is 0 Å². The SMILES string of the molecule is CC1CCC(Br)C(Cc2c(F)cccc2F)C1. The predicted octanol–water partition coefficient (Wildman–Crippen LogP) is 4.71. The van der Waals surface area contributed by atoms with E-state index >= 15 is 0 Å². The summed E-state index contributed by atoms with van der Waals surface area (Å²) in [6.07, 6.45) is 3.84. The van der Waals surface area contributed by atoms with Crippen LogP contribution in [-0.2, 0) is 6.42 Å².